The highest BCUT2D eigenvalue weighted by Gasteiger charge is 2.43. The Morgan fingerprint density at radius 1 is 1.22 bits per heavy atom. The van der Waals surface area contributed by atoms with Gasteiger partial charge in [0.2, 0.25) is 11.8 Å². The second-order valence-corrected chi connectivity index (χ2v) is 7.10. The van der Waals surface area contributed by atoms with Crippen LogP contribution in [-0.2, 0) is 19.1 Å². The Morgan fingerprint density at radius 2 is 1.93 bits per heavy atom. The van der Waals surface area contributed by atoms with Gasteiger partial charge in [-0.05, 0) is 12.1 Å². The fraction of sp³-hybridized carbons (Fsp3) is 0.579. The van der Waals surface area contributed by atoms with E-state index >= 15 is 0 Å². The quantitative estimate of drug-likeness (QED) is 0.614. The van der Waals surface area contributed by atoms with Gasteiger partial charge < -0.3 is 30.6 Å². The number of rotatable bonds is 8. The van der Waals surface area contributed by atoms with Crippen molar-refractivity contribution in [3.8, 4) is 5.75 Å². The van der Waals surface area contributed by atoms with E-state index in [1.807, 2.05) is 38.1 Å². The monoisotopic (exact) mass is 379 g/mol. The first-order valence-corrected chi connectivity index (χ1v) is 9.03. The van der Waals surface area contributed by atoms with E-state index in [9.17, 15) is 9.59 Å². The van der Waals surface area contributed by atoms with Gasteiger partial charge in [-0.1, -0.05) is 26.0 Å². The molecule has 1 saturated heterocycles. The number of hydrogen-bond donors (Lipinski definition) is 3. The van der Waals surface area contributed by atoms with Gasteiger partial charge in [0.15, 0.2) is 6.29 Å². The molecule has 1 aromatic carbocycles. The van der Waals surface area contributed by atoms with Gasteiger partial charge in [0.05, 0.1) is 13.7 Å². The summed E-state index contributed by atoms with van der Waals surface area (Å²) < 4.78 is 16.9. The van der Waals surface area contributed by atoms with Gasteiger partial charge >= 0.3 is 0 Å². The summed E-state index contributed by atoms with van der Waals surface area (Å²) in [4.78, 5) is 24.2. The zero-order valence-electron chi connectivity index (χ0n) is 16.1. The van der Waals surface area contributed by atoms with Crippen molar-refractivity contribution in [2.45, 2.75) is 32.7 Å². The van der Waals surface area contributed by atoms with Crippen molar-refractivity contribution in [2.75, 3.05) is 33.4 Å². The molecule has 27 heavy (non-hydrogen) atoms. The molecule has 4 N–H and O–H groups in total. The third kappa shape index (κ3) is 5.92. The third-order valence-corrected chi connectivity index (χ3v) is 4.32. The summed E-state index contributed by atoms with van der Waals surface area (Å²) >= 11 is 0. The van der Waals surface area contributed by atoms with Crippen LogP contribution in [0.2, 0.25) is 0 Å². The van der Waals surface area contributed by atoms with Crippen LogP contribution >= 0.6 is 0 Å². The Balaban J connectivity index is 1.93. The molecule has 0 saturated carbocycles. The molecule has 150 valence electrons. The Labute approximate surface area is 159 Å². The molecule has 1 heterocycles. The fourth-order valence-electron chi connectivity index (χ4n) is 2.76. The van der Waals surface area contributed by atoms with Crippen LogP contribution in [0.3, 0.4) is 0 Å². The van der Waals surface area contributed by atoms with Crippen LogP contribution in [0, 0.1) is 5.41 Å². The number of benzene rings is 1. The highest BCUT2D eigenvalue weighted by atomic mass is 16.7. The molecule has 1 unspecified atom stereocenters. The molecule has 1 aliphatic rings. The van der Waals surface area contributed by atoms with E-state index in [2.05, 4.69) is 10.6 Å². The Hall–Kier alpha value is -2.16. The SMILES string of the molecule is COc1ccc(C2OCC(C)(C)[C@H](C(=O)NCCC(=O)NCCN)O2)cc1. The van der Waals surface area contributed by atoms with Crippen molar-refractivity contribution < 1.29 is 23.8 Å². The average molecular weight is 379 g/mol. The maximum Gasteiger partial charge on any atom is 0.249 e. The van der Waals surface area contributed by atoms with Gasteiger partial charge in [-0.15, -0.1) is 0 Å². The molecule has 2 rings (SSSR count). The van der Waals surface area contributed by atoms with Gasteiger partial charge in [0.1, 0.15) is 11.9 Å². The first kappa shape index (κ1) is 21.1. The van der Waals surface area contributed by atoms with E-state index in [4.69, 9.17) is 19.9 Å². The standard InChI is InChI=1S/C19H29N3O5/c1-19(2)12-26-18(13-4-6-14(25-3)7-5-13)27-16(19)17(24)22-10-8-15(23)21-11-9-20/h4-7,16,18H,8-12,20H2,1-3H3,(H,21,23)(H,22,24)/t16-,18?/m0/s1. The molecule has 8 nitrogen and oxygen atoms in total. The number of methoxy groups -OCH3 is 1. The van der Waals surface area contributed by atoms with Gasteiger partial charge in [0, 0.05) is 37.0 Å². The lowest BCUT2D eigenvalue weighted by Gasteiger charge is -2.41. The molecule has 1 fully saturated rings. The number of nitrogens with two attached hydrogens (primary N) is 1. The summed E-state index contributed by atoms with van der Waals surface area (Å²) in [5.41, 5.74) is 5.66. The van der Waals surface area contributed by atoms with Crippen LogP contribution in [0.4, 0.5) is 0 Å². The highest BCUT2D eigenvalue weighted by Crippen LogP contribution is 2.36. The van der Waals surface area contributed by atoms with Crippen molar-refractivity contribution in [3.63, 3.8) is 0 Å². The summed E-state index contributed by atoms with van der Waals surface area (Å²) in [6.07, 6.45) is -1.13. The van der Waals surface area contributed by atoms with Gasteiger partial charge in [-0.2, -0.15) is 0 Å². The number of carbonyl (C=O) groups is 2. The van der Waals surface area contributed by atoms with Gasteiger partial charge in [0.25, 0.3) is 0 Å². The van der Waals surface area contributed by atoms with Crippen molar-refractivity contribution in [1.82, 2.24) is 10.6 Å². The van der Waals surface area contributed by atoms with E-state index in [0.29, 0.717) is 19.7 Å². The number of nitrogens with one attached hydrogen (secondary N) is 2. The lowest BCUT2D eigenvalue weighted by molar-refractivity contribution is -0.258. The summed E-state index contributed by atoms with van der Waals surface area (Å²) in [6.45, 7) is 5.24. The van der Waals surface area contributed by atoms with Crippen molar-refractivity contribution in [2.24, 2.45) is 11.1 Å². The predicted octanol–water partition coefficient (Wildman–Crippen LogP) is 0.717. The minimum absolute atomic E-state index is 0.149. The van der Waals surface area contributed by atoms with E-state index in [-0.39, 0.29) is 24.8 Å². The minimum atomic E-state index is -0.689. The summed E-state index contributed by atoms with van der Waals surface area (Å²) in [5.74, 6) is 0.328. The normalized spacial score (nSPS) is 21.3. The molecule has 0 radical (unpaired) electrons. The lowest BCUT2D eigenvalue weighted by atomic mass is 9.85. The van der Waals surface area contributed by atoms with Gasteiger partial charge in [-0.25, -0.2) is 0 Å². The first-order chi connectivity index (χ1) is 12.9. The second-order valence-electron chi connectivity index (χ2n) is 7.10. The van der Waals surface area contributed by atoms with Crippen LogP contribution in [0.15, 0.2) is 24.3 Å². The topological polar surface area (TPSA) is 112 Å². The van der Waals surface area contributed by atoms with Crippen molar-refractivity contribution >= 4 is 11.8 Å². The Bertz CT molecular complexity index is 633. The summed E-state index contributed by atoms with van der Waals surface area (Å²) in [5, 5.41) is 5.44. The zero-order valence-corrected chi connectivity index (χ0v) is 16.1. The van der Waals surface area contributed by atoms with Crippen LogP contribution in [0.1, 0.15) is 32.1 Å². The number of carbonyl (C=O) groups excluding carboxylic acids is 2. The fourth-order valence-corrected chi connectivity index (χ4v) is 2.76. The van der Waals surface area contributed by atoms with Crippen LogP contribution < -0.4 is 21.1 Å². The minimum Gasteiger partial charge on any atom is -0.497 e. The van der Waals surface area contributed by atoms with Crippen LogP contribution in [0.25, 0.3) is 0 Å². The Kier molecular flexibility index (Phi) is 7.58. The molecular weight excluding hydrogens is 350 g/mol. The molecule has 8 heteroatoms. The lowest BCUT2D eigenvalue weighted by Crippen LogP contribution is -2.52. The van der Waals surface area contributed by atoms with E-state index in [0.717, 1.165) is 11.3 Å². The predicted molar refractivity (Wildman–Crippen MR) is 100 cm³/mol. The maximum atomic E-state index is 12.6. The molecule has 0 spiro atoms. The van der Waals surface area contributed by atoms with Gasteiger partial charge in [-0.3, -0.25) is 9.59 Å². The number of ether oxygens (including phenoxy) is 3. The largest absolute Gasteiger partial charge is 0.497 e. The van der Waals surface area contributed by atoms with Crippen LogP contribution in [0.5, 0.6) is 5.75 Å². The third-order valence-electron chi connectivity index (χ3n) is 4.32. The van der Waals surface area contributed by atoms with E-state index in [1.54, 1.807) is 7.11 Å². The van der Waals surface area contributed by atoms with Crippen molar-refractivity contribution in [3.05, 3.63) is 29.8 Å². The molecule has 0 aromatic heterocycles. The van der Waals surface area contributed by atoms with E-state index in [1.165, 1.54) is 0 Å². The smallest absolute Gasteiger partial charge is 0.249 e. The molecular formula is C19H29N3O5. The summed E-state index contributed by atoms with van der Waals surface area (Å²) in [6, 6.07) is 7.32. The Morgan fingerprint density at radius 3 is 2.56 bits per heavy atom. The number of amides is 2. The van der Waals surface area contributed by atoms with E-state index < -0.39 is 17.8 Å². The maximum absolute atomic E-state index is 12.6. The van der Waals surface area contributed by atoms with Crippen molar-refractivity contribution in [1.29, 1.82) is 0 Å². The molecule has 2 atom stereocenters. The molecule has 0 bridgehead atoms. The highest BCUT2D eigenvalue weighted by molar-refractivity contribution is 5.83. The average Bonchev–Trinajstić information content (AvgIpc) is 2.66. The first-order valence-electron chi connectivity index (χ1n) is 9.03. The second kappa shape index (κ2) is 9.68. The summed E-state index contributed by atoms with van der Waals surface area (Å²) in [7, 11) is 1.60. The molecule has 2 amide bonds. The zero-order chi connectivity index (χ0) is 19.9. The molecule has 1 aliphatic heterocycles. The molecule has 1 aromatic rings. The molecule has 0 aliphatic carbocycles. The number of hydrogen-bond acceptors (Lipinski definition) is 6. The van der Waals surface area contributed by atoms with Crippen LogP contribution in [-0.4, -0.2) is 51.3 Å².